The van der Waals surface area contributed by atoms with Crippen molar-refractivity contribution in [1.29, 1.82) is 5.26 Å². The molecule has 2 aliphatic carbocycles. The molecule has 0 amide bonds. The number of benzene rings is 1. The zero-order chi connectivity index (χ0) is 24.5. The number of aromatic nitrogens is 2. The summed E-state index contributed by atoms with van der Waals surface area (Å²) in [5, 5.41) is 9.87. The number of nitriles is 1. The van der Waals surface area contributed by atoms with Crippen molar-refractivity contribution >= 4 is 22.4 Å². The highest BCUT2D eigenvalue weighted by atomic mass is 16.5. The molecule has 7 heteroatoms. The molecule has 0 N–H and O–H groups in total. The first kappa shape index (κ1) is 23.2. The third-order valence-corrected chi connectivity index (χ3v) is 7.78. The SMILES string of the molecule is COc1cccc(N(CC2CC2)C2CCC(N(C)c3c(C#N)c(=O)n(C)c4cccnc34)CC2)c1. The molecule has 35 heavy (non-hydrogen) atoms. The molecule has 0 bridgehead atoms. The first-order chi connectivity index (χ1) is 17.0. The molecule has 0 atom stereocenters. The monoisotopic (exact) mass is 471 g/mol. The van der Waals surface area contributed by atoms with Gasteiger partial charge in [0.15, 0.2) is 0 Å². The van der Waals surface area contributed by atoms with Crippen LogP contribution in [-0.4, -0.2) is 42.3 Å². The Kier molecular flexibility index (Phi) is 6.38. The molecular weight excluding hydrogens is 438 g/mol. The first-order valence-corrected chi connectivity index (χ1v) is 12.5. The molecule has 5 rings (SSSR count). The second-order valence-electron chi connectivity index (χ2n) is 9.94. The molecule has 0 unspecified atom stereocenters. The first-order valence-electron chi connectivity index (χ1n) is 12.5. The van der Waals surface area contributed by atoms with Crippen LogP contribution in [-0.2, 0) is 7.05 Å². The van der Waals surface area contributed by atoms with E-state index in [0.717, 1.165) is 49.4 Å². The second-order valence-corrected chi connectivity index (χ2v) is 9.94. The second kappa shape index (κ2) is 9.61. The van der Waals surface area contributed by atoms with Crippen molar-refractivity contribution in [2.45, 2.75) is 50.6 Å². The van der Waals surface area contributed by atoms with Crippen LogP contribution in [0.3, 0.4) is 0 Å². The highest BCUT2D eigenvalue weighted by molar-refractivity contribution is 5.91. The van der Waals surface area contributed by atoms with Gasteiger partial charge >= 0.3 is 0 Å². The van der Waals surface area contributed by atoms with Crippen LogP contribution >= 0.6 is 0 Å². The Balaban J connectivity index is 1.39. The fraction of sp³-hybridized carbons (Fsp3) is 0.464. The molecule has 0 spiro atoms. The van der Waals surface area contributed by atoms with Crippen LogP contribution in [0.2, 0.25) is 0 Å². The minimum Gasteiger partial charge on any atom is -0.497 e. The van der Waals surface area contributed by atoms with E-state index in [1.807, 2.05) is 25.2 Å². The lowest BCUT2D eigenvalue weighted by atomic mass is 9.88. The van der Waals surface area contributed by atoms with Crippen LogP contribution in [0.4, 0.5) is 11.4 Å². The molecule has 0 radical (unpaired) electrons. The Morgan fingerprint density at radius 3 is 2.54 bits per heavy atom. The maximum atomic E-state index is 13.0. The Labute approximate surface area is 206 Å². The number of pyridine rings is 2. The number of hydrogen-bond donors (Lipinski definition) is 0. The van der Waals surface area contributed by atoms with E-state index in [1.165, 1.54) is 23.1 Å². The van der Waals surface area contributed by atoms with Crippen molar-refractivity contribution in [3.05, 3.63) is 58.5 Å². The summed E-state index contributed by atoms with van der Waals surface area (Å²) in [7, 11) is 5.43. The summed E-state index contributed by atoms with van der Waals surface area (Å²) in [4.78, 5) is 22.3. The van der Waals surface area contributed by atoms with Crippen LogP contribution in [0.15, 0.2) is 47.4 Å². The predicted molar refractivity (Wildman–Crippen MR) is 139 cm³/mol. The van der Waals surface area contributed by atoms with Gasteiger partial charge in [0.2, 0.25) is 0 Å². The van der Waals surface area contributed by atoms with Gasteiger partial charge in [-0.1, -0.05) is 6.07 Å². The molecule has 2 aromatic heterocycles. The summed E-state index contributed by atoms with van der Waals surface area (Å²) in [6.07, 6.45) is 8.50. The third kappa shape index (κ3) is 4.45. The van der Waals surface area contributed by atoms with E-state index < -0.39 is 0 Å². The number of anilines is 2. The van der Waals surface area contributed by atoms with Gasteiger partial charge < -0.3 is 19.1 Å². The molecule has 2 saturated carbocycles. The fourth-order valence-electron chi connectivity index (χ4n) is 5.56. The van der Waals surface area contributed by atoms with E-state index in [-0.39, 0.29) is 17.2 Å². The lowest BCUT2D eigenvalue weighted by molar-refractivity contribution is 0.364. The number of hydrogen-bond acceptors (Lipinski definition) is 6. The Hall–Kier alpha value is -3.53. The summed E-state index contributed by atoms with van der Waals surface area (Å²) in [5.74, 6) is 1.68. The Morgan fingerprint density at radius 1 is 1.11 bits per heavy atom. The summed E-state index contributed by atoms with van der Waals surface area (Å²) in [6.45, 7) is 1.10. The summed E-state index contributed by atoms with van der Waals surface area (Å²) in [6, 6.07) is 15.0. The van der Waals surface area contributed by atoms with Gasteiger partial charge in [-0.2, -0.15) is 5.26 Å². The summed E-state index contributed by atoms with van der Waals surface area (Å²) in [5.41, 5.74) is 3.27. The van der Waals surface area contributed by atoms with E-state index in [9.17, 15) is 10.1 Å². The van der Waals surface area contributed by atoms with Gasteiger partial charge in [-0.05, 0) is 68.7 Å². The molecule has 0 saturated heterocycles. The van der Waals surface area contributed by atoms with Gasteiger partial charge in [0.05, 0.1) is 18.3 Å². The molecule has 2 fully saturated rings. The zero-order valence-electron chi connectivity index (χ0n) is 20.8. The molecule has 2 aliphatic rings. The van der Waals surface area contributed by atoms with Gasteiger partial charge in [-0.3, -0.25) is 9.78 Å². The number of ether oxygens (including phenoxy) is 1. The van der Waals surface area contributed by atoms with Crippen LogP contribution < -0.4 is 20.1 Å². The molecular formula is C28H33N5O2. The lowest BCUT2D eigenvalue weighted by Gasteiger charge is -2.41. The van der Waals surface area contributed by atoms with Gasteiger partial charge in [0.25, 0.3) is 5.56 Å². The number of aryl methyl sites for hydroxylation is 1. The Bertz CT molecular complexity index is 1320. The van der Waals surface area contributed by atoms with Crippen molar-refractivity contribution in [1.82, 2.24) is 9.55 Å². The maximum absolute atomic E-state index is 13.0. The van der Waals surface area contributed by atoms with Gasteiger partial charge in [-0.15, -0.1) is 0 Å². The van der Waals surface area contributed by atoms with Crippen molar-refractivity contribution in [2.75, 3.05) is 30.5 Å². The van der Waals surface area contributed by atoms with Crippen LogP contribution in [0.25, 0.3) is 11.0 Å². The highest BCUT2D eigenvalue weighted by Crippen LogP contribution is 2.38. The third-order valence-electron chi connectivity index (χ3n) is 7.78. The van der Waals surface area contributed by atoms with Crippen molar-refractivity contribution < 1.29 is 4.74 Å². The van der Waals surface area contributed by atoms with Gasteiger partial charge in [0, 0.05) is 50.7 Å². The van der Waals surface area contributed by atoms with Crippen LogP contribution in [0.1, 0.15) is 44.1 Å². The summed E-state index contributed by atoms with van der Waals surface area (Å²) >= 11 is 0. The normalized spacial score (nSPS) is 19.8. The van der Waals surface area contributed by atoms with E-state index in [1.54, 1.807) is 20.4 Å². The molecule has 7 nitrogen and oxygen atoms in total. The molecule has 0 aliphatic heterocycles. The van der Waals surface area contributed by atoms with E-state index >= 15 is 0 Å². The average Bonchev–Trinajstić information content (AvgIpc) is 3.73. The van der Waals surface area contributed by atoms with Crippen molar-refractivity contribution in [3.8, 4) is 11.8 Å². The molecule has 2 heterocycles. The highest BCUT2D eigenvalue weighted by Gasteiger charge is 2.33. The number of nitrogens with zero attached hydrogens (tertiary/aromatic N) is 5. The van der Waals surface area contributed by atoms with E-state index in [4.69, 9.17) is 4.74 Å². The minimum atomic E-state index is -0.267. The van der Waals surface area contributed by atoms with Crippen molar-refractivity contribution in [2.24, 2.45) is 13.0 Å². The summed E-state index contributed by atoms with van der Waals surface area (Å²) < 4.78 is 7.02. The minimum absolute atomic E-state index is 0.176. The van der Waals surface area contributed by atoms with Crippen molar-refractivity contribution in [3.63, 3.8) is 0 Å². The van der Waals surface area contributed by atoms with E-state index in [0.29, 0.717) is 17.2 Å². The maximum Gasteiger partial charge on any atom is 0.270 e. The lowest BCUT2D eigenvalue weighted by Crippen LogP contribution is -2.44. The smallest absolute Gasteiger partial charge is 0.270 e. The molecule has 1 aromatic carbocycles. The zero-order valence-corrected chi connectivity index (χ0v) is 20.8. The number of rotatable bonds is 7. The van der Waals surface area contributed by atoms with Gasteiger partial charge in [-0.25, -0.2) is 0 Å². The molecule has 3 aromatic rings. The number of methoxy groups -OCH3 is 1. The molecule has 182 valence electrons. The van der Waals surface area contributed by atoms with Crippen LogP contribution in [0.5, 0.6) is 5.75 Å². The van der Waals surface area contributed by atoms with E-state index in [2.05, 4.69) is 39.1 Å². The van der Waals surface area contributed by atoms with Gasteiger partial charge in [0.1, 0.15) is 22.9 Å². The Morgan fingerprint density at radius 2 is 1.86 bits per heavy atom. The topological polar surface area (TPSA) is 74.4 Å². The average molecular weight is 472 g/mol. The number of fused-ring (bicyclic) bond motifs is 1. The quantitative estimate of drug-likeness (QED) is 0.506. The standard InChI is InChI=1S/C28H33N5O2/c1-31(27-24(17-29)28(34)32(2)25-8-5-15-30-26(25)27)20-11-13-21(14-12-20)33(18-19-9-10-19)22-6-4-7-23(16-22)35-3/h4-8,15-16,19-21H,9-14,18H2,1-3H3. The largest absolute Gasteiger partial charge is 0.497 e. The predicted octanol–water partition coefficient (Wildman–Crippen LogP) is 4.48. The van der Waals surface area contributed by atoms with Crippen LogP contribution in [0, 0.1) is 17.2 Å². The fourth-order valence-corrected chi connectivity index (χ4v) is 5.56.